The third-order valence-electron chi connectivity index (χ3n) is 8.98. The molecule has 0 atom stereocenters. The third kappa shape index (κ3) is 4.77. The Balaban J connectivity index is 1.23. The Morgan fingerprint density at radius 3 is 2.19 bits per heavy atom. The van der Waals surface area contributed by atoms with Crippen molar-refractivity contribution in [3.05, 3.63) is 119 Å². The van der Waals surface area contributed by atoms with Crippen LogP contribution in [0.1, 0.15) is 53.8 Å². The zero-order valence-corrected chi connectivity index (χ0v) is 25.9. The first-order valence-electron chi connectivity index (χ1n) is 14.4. The number of Topliss-reactive ketones (excluding diaryl/α,β-unsaturated/α-hetero) is 1. The van der Waals surface area contributed by atoms with E-state index in [-0.39, 0.29) is 11.5 Å². The summed E-state index contributed by atoms with van der Waals surface area (Å²) in [5.41, 5.74) is 8.97. The van der Waals surface area contributed by atoms with Crippen molar-refractivity contribution >= 4 is 63.5 Å². The highest BCUT2D eigenvalue weighted by Crippen LogP contribution is 2.42. The molecule has 1 aromatic heterocycles. The summed E-state index contributed by atoms with van der Waals surface area (Å²) in [6.07, 6.45) is 9.40. The Morgan fingerprint density at radius 1 is 0.810 bits per heavy atom. The second-order valence-electron chi connectivity index (χ2n) is 11.4. The molecule has 8 heteroatoms. The first-order valence-corrected chi connectivity index (χ1v) is 16.0. The second kappa shape index (κ2) is 11.1. The number of carbonyl (C=O) groups excluding carboxylic acids is 1. The van der Waals surface area contributed by atoms with Gasteiger partial charge in [0.15, 0.2) is 12.3 Å². The topological polar surface area (TPSA) is 48.1 Å². The summed E-state index contributed by atoms with van der Waals surface area (Å²) in [7, 11) is 0. The molecule has 0 amide bonds. The molecule has 3 aliphatic carbocycles. The highest BCUT2D eigenvalue weighted by molar-refractivity contribution is 6.39. The quantitative estimate of drug-likeness (QED) is 0.198. The van der Waals surface area contributed by atoms with Gasteiger partial charge in [0, 0.05) is 62.4 Å². The van der Waals surface area contributed by atoms with Crippen molar-refractivity contribution in [3.8, 4) is 0 Å². The van der Waals surface area contributed by atoms with Crippen molar-refractivity contribution in [3.63, 3.8) is 0 Å². The zero-order valence-electron chi connectivity index (χ0n) is 22.9. The number of hydrogen-bond acceptors (Lipinski definition) is 2. The molecule has 0 N–H and O–H groups in total. The molecule has 0 spiro atoms. The summed E-state index contributed by atoms with van der Waals surface area (Å²) in [5.74, 6) is -0.326. The minimum absolute atomic E-state index is 0.163. The fourth-order valence-corrected chi connectivity index (χ4v) is 7.91. The standard InChI is InChI=1S/C34H28Cl4N2O2/c35-23-9-7-19(25(37)17-23)11-13-39-27-5-1-3-21(27)15-29(39)31-33(41)32(34(31)42)30-16-22-4-2-6-28(22)40(30)14-12-20-8-10-24(36)18-26(20)38/h7-10,15-18H,1-6,11-14H2. The normalized spacial score (nSPS) is 19.5. The smallest absolute Gasteiger partial charge is 0.216 e. The molecule has 1 saturated carbocycles. The van der Waals surface area contributed by atoms with E-state index >= 15 is 0 Å². The first-order chi connectivity index (χ1) is 20.3. The molecule has 214 valence electrons. The van der Waals surface area contributed by atoms with E-state index < -0.39 is 0 Å². The van der Waals surface area contributed by atoms with Gasteiger partial charge < -0.3 is 9.67 Å². The van der Waals surface area contributed by atoms with Crippen LogP contribution in [0.3, 0.4) is 0 Å². The van der Waals surface area contributed by atoms with Gasteiger partial charge in [0.05, 0.1) is 11.3 Å². The minimum Gasteiger partial charge on any atom is -0.871 e. The lowest BCUT2D eigenvalue weighted by molar-refractivity contribution is -0.470. The maximum absolute atomic E-state index is 13.9. The summed E-state index contributed by atoms with van der Waals surface area (Å²) >= 11 is 25.1. The van der Waals surface area contributed by atoms with Crippen LogP contribution in [0.5, 0.6) is 0 Å². The molecule has 0 unspecified atom stereocenters. The summed E-state index contributed by atoms with van der Waals surface area (Å²) < 4.78 is 4.35. The van der Waals surface area contributed by atoms with Crippen LogP contribution in [0.25, 0.3) is 5.57 Å². The number of carbonyl (C=O) groups is 1. The lowest BCUT2D eigenvalue weighted by Crippen LogP contribution is -2.33. The SMILES string of the molecule is O=C1C(=C2C=C3CCCC3=[N+]2CCc2ccc(Cl)cc2Cl)C([O-])=C1c1cc2c(n1CCc1ccc(Cl)cc1Cl)CCC2. The molecule has 3 aromatic rings. The summed E-state index contributed by atoms with van der Waals surface area (Å²) in [4.78, 5) is 13.9. The van der Waals surface area contributed by atoms with Gasteiger partial charge in [-0.15, -0.1) is 0 Å². The zero-order chi connectivity index (χ0) is 29.1. The van der Waals surface area contributed by atoms with Crippen LogP contribution in [0.4, 0.5) is 0 Å². The maximum atomic E-state index is 13.9. The largest absolute Gasteiger partial charge is 0.871 e. The number of nitrogens with zero attached hydrogens (tertiary/aromatic N) is 2. The molecule has 4 aliphatic rings. The summed E-state index contributed by atoms with van der Waals surface area (Å²) in [6, 6.07) is 13.1. The fraction of sp³-hybridized carbons (Fsp3) is 0.294. The maximum Gasteiger partial charge on any atom is 0.216 e. The van der Waals surface area contributed by atoms with Crippen molar-refractivity contribution in [2.24, 2.45) is 0 Å². The van der Waals surface area contributed by atoms with Crippen molar-refractivity contribution in [1.29, 1.82) is 0 Å². The number of benzene rings is 2. The number of allylic oxidation sites excluding steroid dienone is 4. The van der Waals surface area contributed by atoms with Crippen LogP contribution in [0.2, 0.25) is 20.1 Å². The van der Waals surface area contributed by atoms with E-state index in [0.717, 1.165) is 61.0 Å². The fourth-order valence-electron chi connectivity index (χ4n) is 6.90. The molecular formula is C34H28Cl4N2O2. The molecule has 0 bridgehead atoms. The van der Waals surface area contributed by atoms with E-state index in [1.54, 1.807) is 12.1 Å². The Bertz CT molecular complexity index is 1810. The molecule has 1 fully saturated rings. The number of halogens is 4. The van der Waals surface area contributed by atoms with Gasteiger partial charge in [0.25, 0.3) is 0 Å². The average molecular weight is 638 g/mol. The van der Waals surface area contributed by atoms with Crippen molar-refractivity contribution < 1.29 is 14.5 Å². The Labute approximate surface area is 265 Å². The highest BCUT2D eigenvalue weighted by atomic mass is 35.5. The van der Waals surface area contributed by atoms with Crippen LogP contribution in [0, 0.1) is 0 Å². The molecule has 2 heterocycles. The monoisotopic (exact) mass is 636 g/mol. The molecule has 4 nitrogen and oxygen atoms in total. The van der Waals surface area contributed by atoms with Gasteiger partial charge in [0.2, 0.25) is 11.5 Å². The second-order valence-corrected chi connectivity index (χ2v) is 13.1. The lowest BCUT2D eigenvalue weighted by Gasteiger charge is -2.31. The van der Waals surface area contributed by atoms with Crippen LogP contribution in [0.15, 0.2) is 71.1 Å². The molecule has 0 saturated heterocycles. The molecule has 0 radical (unpaired) electrons. The third-order valence-corrected chi connectivity index (χ3v) is 10.1. The predicted octanol–water partition coefficient (Wildman–Crippen LogP) is 7.56. The molecule has 2 aromatic carbocycles. The Kier molecular flexibility index (Phi) is 7.38. The summed E-state index contributed by atoms with van der Waals surface area (Å²) in [6.45, 7) is 1.27. The number of rotatable bonds is 7. The van der Waals surface area contributed by atoms with Gasteiger partial charge in [-0.1, -0.05) is 64.3 Å². The predicted molar refractivity (Wildman–Crippen MR) is 168 cm³/mol. The van der Waals surface area contributed by atoms with Gasteiger partial charge in [-0.05, 0) is 85.5 Å². The van der Waals surface area contributed by atoms with E-state index in [1.165, 1.54) is 22.5 Å². The number of ketones is 1. The van der Waals surface area contributed by atoms with E-state index in [0.29, 0.717) is 57.2 Å². The molecule has 1 aliphatic heterocycles. The highest BCUT2D eigenvalue weighted by Gasteiger charge is 2.42. The van der Waals surface area contributed by atoms with Gasteiger partial charge in [0.1, 0.15) is 0 Å². The first kappa shape index (κ1) is 28.0. The van der Waals surface area contributed by atoms with E-state index in [9.17, 15) is 9.90 Å². The van der Waals surface area contributed by atoms with Crippen LogP contribution in [-0.4, -0.2) is 27.2 Å². The number of fused-ring (bicyclic) bond motifs is 2. The van der Waals surface area contributed by atoms with Crippen molar-refractivity contribution in [2.45, 2.75) is 57.9 Å². The van der Waals surface area contributed by atoms with Crippen molar-refractivity contribution in [1.82, 2.24) is 4.57 Å². The number of aryl methyl sites for hydroxylation is 2. The van der Waals surface area contributed by atoms with E-state index in [2.05, 4.69) is 21.3 Å². The average Bonchev–Trinajstić information content (AvgIpc) is 3.72. The van der Waals surface area contributed by atoms with Crippen molar-refractivity contribution in [2.75, 3.05) is 6.54 Å². The van der Waals surface area contributed by atoms with Crippen LogP contribution >= 0.6 is 46.4 Å². The number of hydrogen-bond donors (Lipinski definition) is 0. The van der Waals surface area contributed by atoms with Gasteiger partial charge in [-0.3, -0.25) is 4.79 Å². The molecular weight excluding hydrogens is 610 g/mol. The Hall–Kier alpha value is -2.76. The van der Waals surface area contributed by atoms with Gasteiger partial charge in [-0.2, -0.15) is 4.58 Å². The molecule has 42 heavy (non-hydrogen) atoms. The minimum atomic E-state index is -0.163. The van der Waals surface area contributed by atoms with E-state index in [4.69, 9.17) is 46.4 Å². The lowest BCUT2D eigenvalue weighted by atomic mass is 9.84. The van der Waals surface area contributed by atoms with E-state index in [1.807, 2.05) is 24.3 Å². The van der Waals surface area contributed by atoms with Crippen LogP contribution in [-0.2, 0) is 37.0 Å². The van der Waals surface area contributed by atoms with Crippen LogP contribution < -0.4 is 5.11 Å². The summed E-state index contributed by atoms with van der Waals surface area (Å²) in [5, 5.41) is 16.3. The number of aromatic nitrogens is 1. The Morgan fingerprint density at radius 2 is 1.50 bits per heavy atom. The molecule has 7 rings (SSSR count). The van der Waals surface area contributed by atoms with Gasteiger partial charge in [-0.25, -0.2) is 0 Å². The van der Waals surface area contributed by atoms with Gasteiger partial charge >= 0.3 is 0 Å².